The van der Waals surface area contributed by atoms with Crippen molar-refractivity contribution in [3.8, 4) is 11.8 Å². The Hall–Kier alpha value is -2.61. The summed E-state index contributed by atoms with van der Waals surface area (Å²) in [6.07, 6.45) is 0.577. The highest BCUT2D eigenvalue weighted by Crippen LogP contribution is 2.37. The molecule has 1 amide bonds. The number of hydrogen-bond donors (Lipinski definition) is 1. The van der Waals surface area contributed by atoms with E-state index in [4.69, 9.17) is 9.47 Å². The summed E-state index contributed by atoms with van der Waals surface area (Å²) in [5.41, 5.74) is 1.66. The van der Waals surface area contributed by atoms with E-state index in [0.717, 1.165) is 31.6 Å². The fourth-order valence-corrected chi connectivity index (χ4v) is 6.27. The molecule has 0 aliphatic rings. The zero-order valence-corrected chi connectivity index (χ0v) is 20.6. The van der Waals surface area contributed by atoms with E-state index in [1.54, 1.807) is 13.8 Å². The highest BCUT2D eigenvalue weighted by atomic mass is 32.2. The quantitative estimate of drug-likeness (QED) is 0.307. The van der Waals surface area contributed by atoms with Crippen molar-refractivity contribution in [3.63, 3.8) is 0 Å². The molecule has 3 aromatic rings. The van der Waals surface area contributed by atoms with Crippen molar-refractivity contribution in [2.45, 2.75) is 43.7 Å². The minimum atomic E-state index is -0.491. The number of ether oxygens (including phenoxy) is 2. The van der Waals surface area contributed by atoms with Crippen LogP contribution in [0.2, 0.25) is 0 Å². The van der Waals surface area contributed by atoms with Gasteiger partial charge in [0.15, 0.2) is 4.34 Å². The molecule has 1 unspecified atom stereocenters. The molecule has 3 rings (SSSR count). The lowest BCUT2D eigenvalue weighted by Crippen LogP contribution is -2.24. The summed E-state index contributed by atoms with van der Waals surface area (Å²) in [6.45, 7) is 8.09. The summed E-state index contributed by atoms with van der Waals surface area (Å²) in [7, 11) is 0. The van der Waals surface area contributed by atoms with Crippen molar-refractivity contribution in [1.29, 1.82) is 5.26 Å². The Kier molecular flexibility index (Phi) is 8.12. The number of carbonyl (C=O) groups is 2. The van der Waals surface area contributed by atoms with E-state index >= 15 is 0 Å². The number of benzene rings is 1. The number of carbonyl (C=O) groups excluding carboxylic acids is 2. The van der Waals surface area contributed by atoms with Gasteiger partial charge in [-0.3, -0.25) is 4.79 Å². The number of fused-ring (bicyclic) bond motifs is 1. The molecule has 0 aliphatic heterocycles. The van der Waals surface area contributed by atoms with E-state index in [2.05, 4.69) is 16.4 Å². The van der Waals surface area contributed by atoms with E-state index < -0.39 is 11.2 Å². The predicted molar refractivity (Wildman–Crippen MR) is 129 cm³/mol. The van der Waals surface area contributed by atoms with Crippen molar-refractivity contribution in [1.82, 2.24) is 4.98 Å². The molecular formula is C22H23N3O4S3. The first-order valence-corrected chi connectivity index (χ1v) is 12.6. The van der Waals surface area contributed by atoms with Gasteiger partial charge in [-0.25, -0.2) is 9.78 Å². The summed E-state index contributed by atoms with van der Waals surface area (Å²) < 4.78 is 12.4. The third-order valence-electron chi connectivity index (χ3n) is 4.51. The first-order valence-electron chi connectivity index (χ1n) is 10.1. The lowest BCUT2D eigenvalue weighted by Gasteiger charge is -2.12. The molecule has 0 saturated carbocycles. The Morgan fingerprint density at radius 2 is 2.03 bits per heavy atom. The van der Waals surface area contributed by atoms with Crippen molar-refractivity contribution in [2.24, 2.45) is 0 Å². The lowest BCUT2D eigenvalue weighted by atomic mass is 10.1. The van der Waals surface area contributed by atoms with Crippen LogP contribution < -0.4 is 10.1 Å². The van der Waals surface area contributed by atoms with E-state index in [-0.39, 0.29) is 18.1 Å². The van der Waals surface area contributed by atoms with Gasteiger partial charge < -0.3 is 14.8 Å². The van der Waals surface area contributed by atoms with Crippen LogP contribution in [-0.2, 0) is 9.53 Å². The molecule has 0 fully saturated rings. The van der Waals surface area contributed by atoms with Gasteiger partial charge in [0.1, 0.15) is 21.7 Å². The van der Waals surface area contributed by atoms with Gasteiger partial charge in [0, 0.05) is 0 Å². The second kappa shape index (κ2) is 10.8. The van der Waals surface area contributed by atoms with E-state index in [0.29, 0.717) is 28.5 Å². The molecule has 0 radical (unpaired) electrons. The summed E-state index contributed by atoms with van der Waals surface area (Å²) >= 11 is 3.96. The van der Waals surface area contributed by atoms with Crippen molar-refractivity contribution < 1.29 is 19.1 Å². The number of nitriles is 1. The van der Waals surface area contributed by atoms with Crippen LogP contribution >= 0.6 is 34.4 Å². The molecule has 10 heteroatoms. The number of amides is 1. The number of thiophene rings is 1. The first kappa shape index (κ1) is 24.0. The van der Waals surface area contributed by atoms with Crippen LogP contribution in [-0.4, -0.2) is 35.3 Å². The van der Waals surface area contributed by atoms with Crippen LogP contribution in [0.15, 0.2) is 22.5 Å². The zero-order valence-electron chi connectivity index (χ0n) is 18.2. The van der Waals surface area contributed by atoms with Crippen LogP contribution in [0.4, 0.5) is 5.00 Å². The average molecular weight is 490 g/mol. The summed E-state index contributed by atoms with van der Waals surface area (Å²) in [6, 6.07) is 7.83. The van der Waals surface area contributed by atoms with Gasteiger partial charge in [-0.15, -0.1) is 22.7 Å². The van der Waals surface area contributed by atoms with E-state index in [1.807, 2.05) is 32.0 Å². The molecule has 0 spiro atoms. The highest BCUT2D eigenvalue weighted by molar-refractivity contribution is 8.02. The number of aromatic nitrogens is 1. The fraction of sp³-hybridized carbons (Fsp3) is 0.364. The smallest absolute Gasteiger partial charge is 0.348 e. The van der Waals surface area contributed by atoms with Crippen LogP contribution in [0.1, 0.15) is 48.0 Å². The van der Waals surface area contributed by atoms with Crippen molar-refractivity contribution in [3.05, 3.63) is 34.2 Å². The minimum absolute atomic E-state index is 0.236. The Morgan fingerprint density at radius 1 is 1.25 bits per heavy atom. The molecule has 0 aliphatic carbocycles. The highest BCUT2D eigenvalue weighted by Gasteiger charge is 2.25. The maximum Gasteiger partial charge on any atom is 0.348 e. The second-order valence-corrected chi connectivity index (χ2v) is 10.1. The molecule has 0 saturated heterocycles. The summed E-state index contributed by atoms with van der Waals surface area (Å²) in [5.74, 6) is 0.0636. The maximum absolute atomic E-state index is 13.0. The number of nitrogens with one attached hydrogen (secondary N) is 1. The molecule has 32 heavy (non-hydrogen) atoms. The Labute approximate surface area is 198 Å². The fourth-order valence-electron chi connectivity index (χ4n) is 2.95. The van der Waals surface area contributed by atoms with Crippen LogP contribution in [0.25, 0.3) is 10.2 Å². The molecule has 168 valence electrons. The van der Waals surface area contributed by atoms with Gasteiger partial charge in [0.05, 0.1) is 34.2 Å². The molecule has 2 aromatic heterocycles. The standard InChI is InChI=1S/C22H23N3O4S3/c1-5-16(30-22-24-15-9-8-13(28-6-2)10-17(15)31-22)19(26)25-20-14(11-23)12(4)18(32-20)21(27)29-7-3/h8-10,16H,5-7H2,1-4H3,(H,25,26). The number of rotatable bonds is 9. The topological polar surface area (TPSA) is 101 Å². The predicted octanol–water partition coefficient (Wildman–Crippen LogP) is 5.62. The van der Waals surface area contributed by atoms with Gasteiger partial charge in [-0.1, -0.05) is 18.7 Å². The van der Waals surface area contributed by atoms with Crippen molar-refractivity contribution >= 4 is 61.5 Å². The van der Waals surface area contributed by atoms with Crippen LogP contribution in [0.5, 0.6) is 5.75 Å². The first-order chi connectivity index (χ1) is 15.4. The Morgan fingerprint density at radius 3 is 2.69 bits per heavy atom. The molecule has 2 heterocycles. The van der Waals surface area contributed by atoms with E-state index in [9.17, 15) is 14.9 Å². The zero-order chi connectivity index (χ0) is 23.3. The molecule has 1 N–H and O–H groups in total. The number of anilines is 1. The van der Waals surface area contributed by atoms with Gasteiger partial charge in [0.25, 0.3) is 0 Å². The minimum Gasteiger partial charge on any atom is -0.494 e. The Balaban J connectivity index is 1.78. The molecular weight excluding hydrogens is 466 g/mol. The van der Waals surface area contributed by atoms with Gasteiger partial charge >= 0.3 is 5.97 Å². The van der Waals surface area contributed by atoms with Gasteiger partial charge in [-0.2, -0.15) is 5.26 Å². The Bertz CT molecular complexity index is 1180. The molecule has 7 nitrogen and oxygen atoms in total. The number of thiazole rings is 1. The average Bonchev–Trinajstić information content (AvgIpc) is 3.31. The third-order valence-corrected chi connectivity index (χ3v) is 8.18. The third kappa shape index (κ3) is 5.23. The summed E-state index contributed by atoms with van der Waals surface area (Å²) in [5, 5.41) is 12.3. The monoisotopic (exact) mass is 489 g/mol. The number of esters is 1. The van der Waals surface area contributed by atoms with E-state index in [1.165, 1.54) is 23.1 Å². The lowest BCUT2D eigenvalue weighted by molar-refractivity contribution is -0.115. The molecule has 1 atom stereocenters. The molecule has 0 bridgehead atoms. The van der Waals surface area contributed by atoms with Gasteiger partial charge in [0.2, 0.25) is 5.91 Å². The summed E-state index contributed by atoms with van der Waals surface area (Å²) in [4.78, 5) is 30.1. The van der Waals surface area contributed by atoms with Crippen LogP contribution in [0, 0.1) is 18.3 Å². The number of nitrogens with zero attached hydrogens (tertiary/aromatic N) is 2. The number of hydrogen-bond acceptors (Lipinski definition) is 9. The largest absolute Gasteiger partial charge is 0.494 e. The second-order valence-electron chi connectivity index (χ2n) is 6.64. The SMILES string of the molecule is CCOC(=O)c1sc(NC(=O)C(CC)Sc2nc3ccc(OCC)cc3s2)c(C#N)c1C. The van der Waals surface area contributed by atoms with Gasteiger partial charge in [-0.05, 0) is 51.0 Å². The van der Waals surface area contributed by atoms with Crippen molar-refractivity contribution in [2.75, 3.05) is 18.5 Å². The normalized spacial score (nSPS) is 11.7. The number of thioether (sulfide) groups is 1. The maximum atomic E-state index is 13.0. The van der Waals surface area contributed by atoms with Crippen LogP contribution in [0.3, 0.4) is 0 Å². The molecule has 1 aromatic carbocycles.